The number of carbonyl (C=O) groups excluding carboxylic acids is 1. The maximum absolute atomic E-state index is 12.3. The average molecular weight is 301 g/mol. The number of carbonyl (C=O) groups is 3. The summed E-state index contributed by atoms with van der Waals surface area (Å²) < 4.78 is 0. The molecule has 122 valence electrons. The van der Waals surface area contributed by atoms with Crippen molar-refractivity contribution in [2.45, 2.75) is 53.4 Å². The molecule has 0 saturated heterocycles. The lowest BCUT2D eigenvalue weighted by molar-refractivity contribution is -0.145. The van der Waals surface area contributed by atoms with E-state index in [4.69, 9.17) is 10.2 Å². The lowest BCUT2D eigenvalue weighted by atomic mass is 9.94. The Bertz CT molecular complexity index is 373. The van der Waals surface area contributed by atoms with Crippen LogP contribution in [-0.2, 0) is 14.4 Å². The van der Waals surface area contributed by atoms with Gasteiger partial charge in [-0.3, -0.25) is 14.4 Å². The van der Waals surface area contributed by atoms with Crippen molar-refractivity contribution >= 4 is 17.8 Å². The molecule has 6 nitrogen and oxygen atoms in total. The first-order chi connectivity index (χ1) is 9.55. The minimum absolute atomic E-state index is 0.0752. The van der Waals surface area contributed by atoms with Crippen molar-refractivity contribution in [1.29, 1.82) is 0 Å². The molecule has 0 radical (unpaired) electrons. The van der Waals surface area contributed by atoms with Crippen LogP contribution in [0.4, 0.5) is 0 Å². The molecular weight excluding hydrogens is 274 g/mol. The molecule has 6 heteroatoms. The van der Waals surface area contributed by atoms with Gasteiger partial charge in [0.2, 0.25) is 5.91 Å². The van der Waals surface area contributed by atoms with Crippen LogP contribution in [0.1, 0.15) is 53.4 Å². The summed E-state index contributed by atoms with van der Waals surface area (Å²) in [5.74, 6) is -2.44. The Labute approximate surface area is 126 Å². The maximum atomic E-state index is 12.3. The SMILES string of the molecule is CC(CN(CCCCCC(=O)O)C(=O)C(C)(C)C)C(=O)O. The van der Waals surface area contributed by atoms with E-state index in [0.717, 1.165) is 0 Å². The second kappa shape index (κ2) is 8.64. The highest BCUT2D eigenvalue weighted by Gasteiger charge is 2.29. The van der Waals surface area contributed by atoms with Crippen molar-refractivity contribution in [1.82, 2.24) is 4.90 Å². The van der Waals surface area contributed by atoms with Gasteiger partial charge in [-0.2, -0.15) is 0 Å². The van der Waals surface area contributed by atoms with Crippen LogP contribution in [0.3, 0.4) is 0 Å². The van der Waals surface area contributed by atoms with E-state index >= 15 is 0 Å². The van der Waals surface area contributed by atoms with E-state index in [1.165, 1.54) is 0 Å². The summed E-state index contributed by atoms with van der Waals surface area (Å²) in [6, 6.07) is 0. The highest BCUT2D eigenvalue weighted by Crippen LogP contribution is 2.19. The average Bonchev–Trinajstić information content (AvgIpc) is 2.34. The van der Waals surface area contributed by atoms with Crippen molar-refractivity contribution in [3.63, 3.8) is 0 Å². The molecule has 0 aliphatic carbocycles. The predicted molar refractivity (Wildman–Crippen MR) is 78.9 cm³/mol. The number of hydrogen-bond acceptors (Lipinski definition) is 3. The fourth-order valence-electron chi connectivity index (χ4n) is 1.91. The van der Waals surface area contributed by atoms with E-state index in [1.54, 1.807) is 32.6 Å². The molecule has 0 aromatic heterocycles. The van der Waals surface area contributed by atoms with Gasteiger partial charge in [0.05, 0.1) is 5.92 Å². The van der Waals surface area contributed by atoms with E-state index in [1.807, 2.05) is 0 Å². The second-order valence-electron chi connectivity index (χ2n) is 6.44. The van der Waals surface area contributed by atoms with Crippen LogP contribution in [0.2, 0.25) is 0 Å². The summed E-state index contributed by atoms with van der Waals surface area (Å²) in [5, 5.41) is 17.6. The normalized spacial score (nSPS) is 12.8. The van der Waals surface area contributed by atoms with Crippen molar-refractivity contribution in [3.8, 4) is 0 Å². The van der Waals surface area contributed by atoms with Crippen molar-refractivity contribution in [3.05, 3.63) is 0 Å². The number of unbranched alkanes of at least 4 members (excludes halogenated alkanes) is 2. The Hall–Kier alpha value is -1.59. The van der Waals surface area contributed by atoms with E-state index in [9.17, 15) is 14.4 Å². The van der Waals surface area contributed by atoms with E-state index < -0.39 is 23.3 Å². The molecule has 0 aromatic rings. The fraction of sp³-hybridized carbons (Fsp3) is 0.800. The van der Waals surface area contributed by atoms with E-state index in [0.29, 0.717) is 25.8 Å². The van der Waals surface area contributed by atoms with Gasteiger partial charge in [-0.15, -0.1) is 0 Å². The van der Waals surface area contributed by atoms with E-state index in [2.05, 4.69) is 0 Å². The molecule has 0 aliphatic heterocycles. The summed E-state index contributed by atoms with van der Waals surface area (Å²) >= 11 is 0. The Balaban J connectivity index is 4.49. The van der Waals surface area contributed by atoms with Gasteiger partial charge in [-0.1, -0.05) is 34.1 Å². The number of carboxylic acid groups (broad SMARTS) is 2. The number of hydrogen-bond donors (Lipinski definition) is 2. The van der Waals surface area contributed by atoms with Gasteiger partial charge >= 0.3 is 11.9 Å². The topological polar surface area (TPSA) is 94.9 Å². The molecule has 2 N–H and O–H groups in total. The molecule has 1 unspecified atom stereocenters. The second-order valence-corrected chi connectivity index (χ2v) is 6.44. The Kier molecular flexibility index (Phi) is 7.99. The lowest BCUT2D eigenvalue weighted by Gasteiger charge is -2.30. The Morgan fingerprint density at radius 1 is 1.05 bits per heavy atom. The highest BCUT2D eigenvalue weighted by atomic mass is 16.4. The molecule has 0 aromatic carbocycles. The van der Waals surface area contributed by atoms with Gasteiger partial charge in [0, 0.05) is 24.9 Å². The number of aliphatic carboxylic acids is 2. The monoisotopic (exact) mass is 301 g/mol. The zero-order chi connectivity index (χ0) is 16.6. The smallest absolute Gasteiger partial charge is 0.308 e. The summed E-state index contributed by atoms with van der Waals surface area (Å²) in [6.07, 6.45) is 2.09. The number of nitrogens with zero attached hydrogens (tertiary/aromatic N) is 1. The van der Waals surface area contributed by atoms with Gasteiger partial charge < -0.3 is 15.1 Å². The molecule has 0 aliphatic rings. The minimum atomic E-state index is -0.924. The highest BCUT2D eigenvalue weighted by molar-refractivity contribution is 5.82. The van der Waals surface area contributed by atoms with E-state index in [-0.39, 0.29) is 18.9 Å². The van der Waals surface area contributed by atoms with Crippen molar-refractivity contribution in [2.24, 2.45) is 11.3 Å². The van der Waals surface area contributed by atoms with Crippen LogP contribution in [0, 0.1) is 11.3 Å². The number of amides is 1. The Morgan fingerprint density at radius 3 is 2.05 bits per heavy atom. The van der Waals surface area contributed by atoms with Crippen LogP contribution in [-0.4, -0.2) is 46.0 Å². The van der Waals surface area contributed by atoms with Crippen LogP contribution < -0.4 is 0 Å². The first-order valence-electron chi connectivity index (χ1n) is 7.29. The van der Waals surface area contributed by atoms with Gasteiger partial charge in [0.25, 0.3) is 0 Å². The van der Waals surface area contributed by atoms with Crippen LogP contribution >= 0.6 is 0 Å². The molecule has 0 saturated carbocycles. The Morgan fingerprint density at radius 2 is 1.62 bits per heavy atom. The fourth-order valence-corrected chi connectivity index (χ4v) is 1.91. The summed E-state index contributed by atoms with van der Waals surface area (Å²) in [4.78, 5) is 35.3. The summed E-state index contributed by atoms with van der Waals surface area (Å²) in [7, 11) is 0. The largest absolute Gasteiger partial charge is 0.481 e. The molecule has 1 atom stereocenters. The zero-order valence-corrected chi connectivity index (χ0v) is 13.4. The lowest BCUT2D eigenvalue weighted by Crippen LogP contribution is -2.43. The first-order valence-corrected chi connectivity index (χ1v) is 7.29. The van der Waals surface area contributed by atoms with Gasteiger partial charge in [-0.05, 0) is 12.8 Å². The molecule has 0 spiro atoms. The maximum Gasteiger partial charge on any atom is 0.308 e. The van der Waals surface area contributed by atoms with Crippen LogP contribution in [0.25, 0.3) is 0 Å². The first kappa shape index (κ1) is 19.4. The number of rotatable bonds is 9. The quantitative estimate of drug-likeness (QED) is 0.637. The van der Waals surface area contributed by atoms with Gasteiger partial charge in [-0.25, -0.2) is 0 Å². The zero-order valence-electron chi connectivity index (χ0n) is 13.4. The van der Waals surface area contributed by atoms with Crippen molar-refractivity contribution in [2.75, 3.05) is 13.1 Å². The third-order valence-electron chi connectivity index (χ3n) is 3.16. The molecular formula is C15H27NO5. The van der Waals surface area contributed by atoms with Crippen LogP contribution in [0.15, 0.2) is 0 Å². The molecule has 0 heterocycles. The standard InChI is InChI=1S/C15H27NO5/c1-11(13(19)20)10-16(14(21)15(2,3)4)9-7-5-6-8-12(17)18/h11H,5-10H2,1-4H3,(H,17,18)(H,19,20). The summed E-state index contributed by atoms with van der Waals surface area (Å²) in [5.41, 5.74) is -0.556. The third-order valence-corrected chi connectivity index (χ3v) is 3.16. The molecule has 0 fully saturated rings. The molecule has 21 heavy (non-hydrogen) atoms. The van der Waals surface area contributed by atoms with Crippen LogP contribution in [0.5, 0.6) is 0 Å². The van der Waals surface area contributed by atoms with Gasteiger partial charge in [0.1, 0.15) is 0 Å². The third kappa shape index (κ3) is 8.32. The molecule has 1 amide bonds. The molecule has 0 rings (SSSR count). The number of carboxylic acids is 2. The van der Waals surface area contributed by atoms with Crippen molar-refractivity contribution < 1.29 is 24.6 Å². The van der Waals surface area contributed by atoms with Gasteiger partial charge in [0.15, 0.2) is 0 Å². The predicted octanol–water partition coefficient (Wildman–Crippen LogP) is 2.23. The molecule has 0 bridgehead atoms. The summed E-state index contributed by atoms with van der Waals surface area (Å²) in [6.45, 7) is 7.64. The minimum Gasteiger partial charge on any atom is -0.481 e.